The Labute approximate surface area is 162 Å². The van der Waals surface area contributed by atoms with Crippen LogP contribution in [0.15, 0.2) is 40.8 Å². The zero-order valence-electron chi connectivity index (χ0n) is 16.7. The van der Waals surface area contributed by atoms with Crippen LogP contribution in [0.4, 0.5) is 0 Å². The first-order chi connectivity index (χ1) is 12.9. The first-order valence-electron chi connectivity index (χ1n) is 10.0. The zero-order chi connectivity index (χ0) is 19.3. The number of amides is 1. The number of carbonyl (C=O) groups is 1. The molecule has 3 rings (SSSR count). The number of hydrogen-bond acceptors (Lipinski definition) is 3. The van der Waals surface area contributed by atoms with E-state index in [-0.39, 0.29) is 17.4 Å². The molecule has 1 N–H and O–H groups in total. The lowest BCUT2D eigenvalue weighted by Crippen LogP contribution is -2.34. The maximum absolute atomic E-state index is 12.4. The maximum atomic E-state index is 12.4. The van der Waals surface area contributed by atoms with Crippen molar-refractivity contribution in [2.24, 2.45) is 0 Å². The number of nitrogens with one attached hydrogen (secondary N) is 1. The topological polar surface area (TPSA) is 51.5 Å². The first kappa shape index (κ1) is 19.5. The largest absolute Gasteiger partial charge is 0.486 e. The third kappa shape index (κ3) is 5.62. The lowest BCUT2D eigenvalue weighted by molar-refractivity contribution is 0.0901. The molecular formula is C23H31NO3. The minimum Gasteiger partial charge on any atom is -0.486 e. The summed E-state index contributed by atoms with van der Waals surface area (Å²) in [6.07, 6.45) is 7.04. The Morgan fingerprint density at radius 1 is 1.04 bits per heavy atom. The van der Waals surface area contributed by atoms with E-state index in [0.717, 1.165) is 18.6 Å². The van der Waals surface area contributed by atoms with Crippen LogP contribution in [0.25, 0.3) is 0 Å². The second kappa shape index (κ2) is 8.64. The van der Waals surface area contributed by atoms with Gasteiger partial charge in [0.1, 0.15) is 18.1 Å². The molecule has 2 aromatic rings. The second-order valence-electron chi connectivity index (χ2n) is 8.49. The molecule has 1 aliphatic rings. The van der Waals surface area contributed by atoms with Crippen LogP contribution in [0.3, 0.4) is 0 Å². The van der Waals surface area contributed by atoms with Crippen LogP contribution < -0.4 is 10.1 Å². The molecule has 0 spiro atoms. The molecule has 146 valence electrons. The Hall–Kier alpha value is -2.23. The van der Waals surface area contributed by atoms with Gasteiger partial charge in [-0.25, -0.2) is 0 Å². The highest BCUT2D eigenvalue weighted by Crippen LogP contribution is 2.25. The fourth-order valence-electron chi connectivity index (χ4n) is 3.46. The molecule has 1 aromatic heterocycles. The van der Waals surface area contributed by atoms with Crippen molar-refractivity contribution in [3.8, 4) is 5.75 Å². The standard InChI is InChI=1S/C23H31NO3/c1-23(2,3)17-10-12-19(13-11-17)26-16-20-14-15-21(27-20)22(25)24-18-8-6-4-5-7-9-18/h10-15,18H,4-9,16H2,1-3H3,(H,24,25). The molecule has 0 atom stereocenters. The van der Waals surface area contributed by atoms with Gasteiger partial charge >= 0.3 is 0 Å². The Bertz CT molecular complexity index is 732. The van der Waals surface area contributed by atoms with Crippen molar-refractivity contribution < 1.29 is 13.9 Å². The monoisotopic (exact) mass is 369 g/mol. The number of carbonyl (C=O) groups excluding carboxylic acids is 1. The zero-order valence-corrected chi connectivity index (χ0v) is 16.7. The van der Waals surface area contributed by atoms with Crippen molar-refractivity contribution in [1.82, 2.24) is 5.32 Å². The van der Waals surface area contributed by atoms with Crippen LogP contribution in [0, 0.1) is 0 Å². The van der Waals surface area contributed by atoms with E-state index >= 15 is 0 Å². The fourth-order valence-corrected chi connectivity index (χ4v) is 3.46. The molecule has 0 aliphatic heterocycles. The average molecular weight is 370 g/mol. The molecule has 0 unspecified atom stereocenters. The summed E-state index contributed by atoms with van der Waals surface area (Å²) in [5, 5.41) is 3.11. The molecule has 1 fully saturated rings. The SMILES string of the molecule is CC(C)(C)c1ccc(OCc2ccc(C(=O)NC3CCCCCC3)o2)cc1. The van der Waals surface area contributed by atoms with Crippen molar-refractivity contribution in [2.75, 3.05) is 0 Å². The van der Waals surface area contributed by atoms with Gasteiger partial charge in [-0.1, -0.05) is 58.6 Å². The van der Waals surface area contributed by atoms with Crippen molar-refractivity contribution in [3.63, 3.8) is 0 Å². The highest BCUT2D eigenvalue weighted by molar-refractivity contribution is 5.91. The normalized spacial score (nSPS) is 16.0. The summed E-state index contributed by atoms with van der Waals surface area (Å²) >= 11 is 0. The quantitative estimate of drug-likeness (QED) is 0.697. The third-order valence-electron chi connectivity index (χ3n) is 5.18. The molecule has 1 saturated carbocycles. The number of ether oxygens (including phenoxy) is 1. The summed E-state index contributed by atoms with van der Waals surface area (Å²) in [4.78, 5) is 12.4. The van der Waals surface area contributed by atoms with Crippen molar-refractivity contribution >= 4 is 5.91 Å². The fraction of sp³-hybridized carbons (Fsp3) is 0.522. The van der Waals surface area contributed by atoms with Crippen LogP contribution in [0.1, 0.15) is 81.2 Å². The van der Waals surface area contributed by atoms with E-state index in [1.165, 1.54) is 31.2 Å². The molecule has 1 aromatic carbocycles. The summed E-state index contributed by atoms with van der Waals surface area (Å²) in [6, 6.07) is 11.9. The van der Waals surface area contributed by atoms with Gasteiger partial charge in [0.2, 0.25) is 0 Å². The second-order valence-corrected chi connectivity index (χ2v) is 8.49. The number of rotatable bonds is 5. The van der Waals surface area contributed by atoms with Gasteiger partial charge < -0.3 is 14.5 Å². The molecule has 1 amide bonds. The van der Waals surface area contributed by atoms with Gasteiger partial charge in [0.15, 0.2) is 5.76 Å². The van der Waals surface area contributed by atoms with E-state index in [1.54, 1.807) is 6.07 Å². The lowest BCUT2D eigenvalue weighted by atomic mass is 9.87. The molecule has 1 heterocycles. The first-order valence-corrected chi connectivity index (χ1v) is 10.0. The molecular weight excluding hydrogens is 338 g/mol. The summed E-state index contributed by atoms with van der Waals surface area (Å²) in [7, 11) is 0. The Kier molecular flexibility index (Phi) is 6.25. The number of hydrogen-bond donors (Lipinski definition) is 1. The molecule has 1 aliphatic carbocycles. The highest BCUT2D eigenvalue weighted by Gasteiger charge is 2.18. The van der Waals surface area contributed by atoms with Crippen LogP contribution in [0.2, 0.25) is 0 Å². The van der Waals surface area contributed by atoms with E-state index in [1.807, 2.05) is 18.2 Å². The van der Waals surface area contributed by atoms with Crippen molar-refractivity contribution in [3.05, 3.63) is 53.5 Å². The Morgan fingerprint density at radius 2 is 1.70 bits per heavy atom. The predicted molar refractivity (Wildman–Crippen MR) is 107 cm³/mol. The van der Waals surface area contributed by atoms with Crippen molar-refractivity contribution in [2.45, 2.75) is 77.4 Å². The minimum absolute atomic E-state index is 0.123. The summed E-state index contributed by atoms with van der Waals surface area (Å²) < 4.78 is 11.5. The van der Waals surface area contributed by atoms with Crippen LogP contribution in [-0.2, 0) is 12.0 Å². The van der Waals surface area contributed by atoms with Crippen LogP contribution in [0.5, 0.6) is 5.75 Å². The van der Waals surface area contributed by atoms with Crippen molar-refractivity contribution in [1.29, 1.82) is 0 Å². The number of benzene rings is 1. The average Bonchev–Trinajstić information content (AvgIpc) is 2.97. The minimum atomic E-state index is -0.123. The molecule has 0 saturated heterocycles. The number of furan rings is 1. The van der Waals surface area contributed by atoms with E-state index in [2.05, 4.69) is 38.2 Å². The van der Waals surface area contributed by atoms with Gasteiger partial charge in [-0.3, -0.25) is 4.79 Å². The van der Waals surface area contributed by atoms with Gasteiger partial charge in [-0.05, 0) is 48.1 Å². The van der Waals surface area contributed by atoms with Gasteiger partial charge in [0, 0.05) is 6.04 Å². The molecule has 0 radical (unpaired) electrons. The summed E-state index contributed by atoms with van der Waals surface area (Å²) in [5.41, 5.74) is 1.39. The summed E-state index contributed by atoms with van der Waals surface area (Å²) in [6.45, 7) is 6.87. The van der Waals surface area contributed by atoms with Gasteiger partial charge in [0.25, 0.3) is 5.91 Å². The van der Waals surface area contributed by atoms with Crippen LogP contribution in [-0.4, -0.2) is 11.9 Å². The third-order valence-corrected chi connectivity index (χ3v) is 5.18. The highest BCUT2D eigenvalue weighted by atomic mass is 16.5. The molecule has 4 nitrogen and oxygen atoms in total. The van der Waals surface area contributed by atoms with Crippen LogP contribution >= 0.6 is 0 Å². The van der Waals surface area contributed by atoms with Gasteiger partial charge in [0.05, 0.1) is 0 Å². The van der Waals surface area contributed by atoms with E-state index in [9.17, 15) is 4.79 Å². The van der Waals surface area contributed by atoms with Gasteiger partial charge in [-0.15, -0.1) is 0 Å². The molecule has 4 heteroatoms. The van der Waals surface area contributed by atoms with E-state index in [0.29, 0.717) is 18.1 Å². The Balaban J connectivity index is 1.52. The molecule has 0 bridgehead atoms. The van der Waals surface area contributed by atoms with E-state index in [4.69, 9.17) is 9.15 Å². The maximum Gasteiger partial charge on any atom is 0.287 e. The smallest absolute Gasteiger partial charge is 0.287 e. The summed E-state index contributed by atoms with van der Waals surface area (Å²) in [5.74, 6) is 1.69. The van der Waals surface area contributed by atoms with Gasteiger partial charge in [-0.2, -0.15) is 0 Å². The Morgan fingerprint density at radius 3 is 2.33 bits per heavy atom. The van der Waals surface area contributed by atoms with E-state index < -0.39 is 0 Å². The predicted octanol–water partition coefficient (Wildman–Crippen LogP) is 5.61. The molecule has 27 heavy (non-hydrogen) atoms. The lowest BCUT2D eigenvalue weighted by Gasteiger charge is -2.19.